The second-order valence-electron chi connectivity index (χ2n) is 4.09. The molecule has 0 unspecified atom stereocenters. The van der Waals surface area contributed by atoms with Gasteiger partial charge in [-0.25, -0.2) is 0 Å². The van der Waals surface area contributed by atoms with Gasteiger partial charge in [0.2, 0.25) is 0 Å². The predicted octanol–water partition coefficient (Wildman–Crippen LogP) is 3.15. The van der Waals surface area contributed by atoms with Crippen LogP contribution in [0.15, 0.2) is 54.6 Å². The maximum absolute atomic E-state index is 5.38. The molecule has 94 valence electrons. The van der Waals surface area contributed by atoms with Crippen LogP contribution >= 0.6 is 0 Å². The fraction of sp³-hybridized carbons (Fsp3) is 0.0667. The second kappa shape index (κ2) is 4.94. The smallest absolute Gasteiger partial charge is 0.128 e. The molecule has 1 heterocycles. The van der Waals surface area contributed by atoms with Gasteiger partial charge in [-0.05, 0) is 12.1 Å². The fourth-order valence-electron chi connectivity index (χ4n) is 2.06. The van der Waals surface area contributed by atoms with Crippen LogP contribution in [-0.4, -0.2) is 22.5 Å². The van der Waals surface area contributed by atoms with Gasteiger partial charge in [-0.2, -0.15) is 15.4 Å². The zero-order chi connectivity index (χ0) is 13.1. The number of hydrogen-bond acceptors (Lipinski definition) is 3. The van der Waals surface area contributed by atoms with E-state index in [2.05, 4.69) is 15.4 Å². The molecule has 3 rings (SSSR count). The average Bonchev–Trinajstić information content (AvgIpc) is 2.97. The summed E-state index contributed by atoms with van der Waals surface area (Å²) in [6.07, 6.45) is 0. The number of methoxy groups -OCH3 is 1. The zero-order valence-corrected chi connectivity index (χ0v) is 10.5. The van der Waals surface area contributed by atoms with Crippen molar-refractivity contribution in [2.24, 2.45) is 0 Å². The quantitative estimate of drug-likeness (QED) is 0.778. The first-order chi connectivity index (χ1) is 9.40. The van der Waals surface area contributed by atoms with Gasteiger partial charge >= 0.3 is 0 Å². The molecule has 4 nitrogen and oxygen atoms in total. The van der Waals surface area contributed by atoms with E-state index in [1.165, 1.54) is 0 Å². The molecule has 3 aromatic rings. The van der Waals surface area contributed by atoms with Crippen LogP contribution < -0.4 is 4.74 Å². The van der Waals surface area contributed by atoms with Crippen LogP contribution in [0.25, 0.3) is 22.5 Å². The molecule has 0 spiro atoms. The van der Waals surface area contributed by atoms with Crippen LogP contribution in [0.4, 0.5) is 0 Å². The Morgan fingerprint density at radius 3 is 2.32 bits per heavy atom. The number of benzene rings is 2. The first-order valence-electron chi connectivity index (χ1n) is 5.99. The normalized spacial score (nSPS) is 10.4. The van der Waals surface area contributed by atoms with Gasteiger partial charge in [-0.3, -0.25) is 0 Å². The summed E-state index contributed by atoms with van der Waals surface area (Å²) in [6.45, 7) is 0. The molecule has 2 aromatic carbocycles. The van der Waals surface area contributed by atoms with E-state index < -0.39 is 0 Å². The van der Waals surface area contributed by atoms with E-state index in [1.807, 2.05) is 54.6 Å². The van der Waals surface area contributed by atoms with Crippen LogP contribution in [0, 0.1) is 0 Å². The maximum Gasteiger partial charge on any atom is 0.128 e. The van der Waals surface area contributed by atoms with Gasteiger partial charge in [0.15, 0.2) is 0 Å². The Labute approximate surface area is 111 Å². The molecule has 19 heavy (non-hydrogen) atoms. The molecular weight excluding hydrogens is 238 g/mol. The first-order valence-corrected chi connectivity index (χ1v) is 5.99. The first kappa shape index (κ1) is 11.5. The third-order valence-corrected chi connectivity index (χ3v) is 2.96. The van der Waals surface area contributed by atoms with E-state index >= 15 is 0 Å². The molecule has 1 N–H and O–H groups in total. The highest BCUT2D eigenvalue weighted by Gasteiger charge is 2.15. The number of ether oxygens (including phenoxy) is 1. The third-order valence-electron chi connectivity index (χ3n) is 2.96. The van der Waals surface area contributed by atoms with Crippen molar-refractivity contribution in [3.63, 3.8) is 0 Å². The Morgan fingerprint density at radius 2 is 1.53 bits per heavy atom. The van der Waals surface area contributed by atoms with E-state index in [4.69, 9.17) is 4.74 Å². The summed E-state index contributed by atoms with van der Waals surface area (Å²) in [4.78, 5) is 0. The SMILES string of the molecule is COc1ccccc1-c1n[nH]nc1-c1ccccc1. The lowest BCUT2D eigenvalue weighted by Crippen LogP contribution is -1.89. The molecule has 1 aromatic heterocycles. The lowest BCUT2D eigenvalue weighted by molar-refractivity contribution is 0.416. The average molecular weight is 251 g/mol. The van der Waals surface area contributed by atoms with Crippen molar-refractivity contribution in [2.75, 3.05) is 7.11 Å². The number of rotatable bonds is 3. The van der Waals surface area contributed by atoms with Crippen molar-refractivity contribution in [1.29, 1.82) is 0 Å². The molecular formula is C15H13N3O. The summed E-state index contributed by atoms with van der Waals surface area (Å²) in [7, 11) is 1.65. The molecule has 0 aliphatic carbocycles. The number of nitrogens with one attached hydrogen (secondary N) is 1. The van der Waals surface area contributed by atoms with Gasteiger partial charge in [0, 0.05) is 11.1 Å². The van der Waals surface area contributed by atoms with Gasteiger partial charge in [-0.1, -0.05) is 42.5 Å². The predicted molar refractivity (Wildman–Crippen MR) is 73.8 cm³/mol. The number of para-hydroxylation sites is 1. The maximum atomic E-state index is 5.38. The molecule has 0 amide bonds. The highest BCUT2D eigenvalue weighted by Crippen LogP contribution is 2.33. The second-order valence-corrected chi connectivity index (χ2v) is 4.09. The van der Waals surface area contributed by atoms with Crippen LogP contribution in [0.1, 0.15) is 0 Å². The van der Waals surface area contributed by atoms with Gasteiger partial charge in [0.25, 0.3) is 0 Å². The molecule has 0 aliphatic heterocycles. The number of H-pyrrole nitrogens is 1. The molecule has 0 atom stereocenters. The van der Waals surface area contributed by atoms with Gasteiger partial charge in [0.1, 0.15) is 17.1 Å². The van der Waals surface area contributed by atoms with Crippen molar-refractivity contribution < 1.29 is 4.74 Å². The highest BCUT2D eigenvalue weighted by atomic mass is 16.5. The Bertz CT molecular complexity index is 677. The Morgan fingerprint density at radius 1 is 0.842 bits per heavy atom. The summed E-state index contributed by atoms with van der Waals surface area (Å²) in [5.74, 6) is 0.786. The van der Waals surface area contributed by atoms with E-state index in [9.17, 15) is 0 Å². The Hall–Kier alpha value is -2.62. The third kappa shape index (κ3) is 2.08. The Balaban J connectivity index is 2.15. The summed E-state index contributed by atoms with van der Waals surface area (Å²) < 4.78 is 5.38. The lowest BCUT2D eigenvalue weighted by atomic mass is 10.0. The lowest BCUT2D eigenvalue weighted by Gasteiger charge is -2.06. The van der Waals surface area contributed by atoms with Crippen molar-refractivity contribution in [3.05, 3.63) is 54.6 Å². The number of nitrogens with zero attached hydrogens (tertiary/aromatic N) is 2. The molecule has 0 bridgehead atoms. The van der Waals surface area contributed by atoms with Crippen molar-refractivity contribution >= 4 is 0 Å². The Kier molecular flexibility index (Phi) is 2.98. The molecule has 0 saturated heterocycles. The molecule has 4 heteroatoms. The molecule has 0 aliphatic rings. The zero-order valence-electron chi connectivity index (χ0n) is 10.5. The summed E-state index contributed by atoms with van der Waals surface area (Å²) in [5, 5.41) is 11.2. The summed E-state index contributed by atoms with van der Waals surface area (Å²) in [6, 6.07) is 17.7. The van der Waals surface area contributed by atoms with Gasteiger partial charge in [-0.15, -0.1) is 0 Å². The molecule has 0 radical (unpaired) electrons. The van der Waals surface area contributed by atoms with Crippen LogP contribution in [0.2, 0.25) is 0 Å². The largest absolute Gasteiger partial charge is 0.496 e. The minimum atomic E-state index is 0.786. The number of aromatic nitrogens is 3. The van der Waals surface area contributed by atoms with Gasteiger partial charge in [0.05, 0.1) is 7.11 Å². The van der Waals surface area contributed by atoms with E-state index in [1.54, 1.807) is 7.11 Å². The van der Waals surface area contributed by atoms with Crippen molar-refractivity contribution in [3.8, 4) is 28.3 Å². The van der Waals surface area contributed by atoms with Crippen LogP contribution in [0.5, 0.6) is 5.75 Å². The molecule has 0 saturated carbocycles. The number of hydrogen-bond donors (Lipinski definition) is 1. The van der Waals surface area contributed by atoms with Gasteiger partial charge < -0.3 is 4.74 Å². The fourth-order valence-corrected chi connectivity index (χ4v) is 2.06. The van der Waals surface area contributed by atoms with Crippen LogP contribution in [-0.2, 0) is 0 Å². The molecule has 0 fully saturated rings. The van der Waals surface area contributed by atoms with E-state index in [0.717, 1.165) is 28.3 Å². The highest BCUT2D eigenvalue weighted by molar-refractivity contribution is 5.80. The van der Waals surface area contributed by atoms with Crippen molar-refractivity contribution in [1.82, 2.24) is 15.4 Å². The topological polar surface area (TPSA) is 50.8 Å². The van der Waals surface area contributed by atoms with Crippen LogP contribution in [0.3, 0.4) is 0 Å². The van der Waals surface area contributed by atoms with Crippen molar-refractivity contribution in [2.45, 2.75) is 0 Å². The monoisotopic (exact) mass is 251 g/mol. The standard InChI is InChI=1S/C15H13N3O/c1-19-13-10-6-5-9-12(13)15-14(16-18-17-15)11-7-3-2-4-8-11/h2-10H,1H3,(H,16,17,18). The minimum absolute atomic E-state index is 0.786. The van der Waals surface area contributed by atoms with E-state index in [-0.39, 0.29) is 0 Å². The minimum Gasteiger partial charge on any atom is -0.496 e. The summed E-state index contributed by atoms with van der Waals surface area (Å²) in [5.41, 5.74) is 3.57. The summed E-state index contributed by atoms with van der Waals surface area (Å²) >= 11 is 0. The number of aromatic amines is 1. The van der Waals surface area contributed by atoms with E-state index in [0.29, 0.717) is 0 Å².